The second kappa shape index (κ2) is 9.28. The van der Waals surface area contributed by atoms with E-state index >= 15 is 0 Å². The van der Waals surface area contributed by atoms with Crippen LogP contribution in [0.4, 0.5) is 4.39 Å². The molecule has 1 aromatic carbocycles. The number of ether oxygens (including phenoxy) is 3. The minimum Gasteiger partial charge on any atom is -0.484 e. The minimum atomic E-state index is -0.437. The van der Waals surface area contributed by atoms with E-state index in [9.17, 15) is 9.18 Å². The molecule has 0 radical (unpaired) electrons. The van der Waals surface area contributed by atoms with Gasteiger partial charge in [0.25, 0.3) is 11.8 Å². The van der Waals surface area contributed by atoms with Gasteiger partial charge in [0.2, 0.25) is 11.8 Å². The molecule has 10 heteroatoms. The zero-order valence-electron chi connectivity index (χ0n) is 19.6. The normalized spacial score (nSPS) is 21.4. The summed E-state index contributed by atoms with van der Waals surface area (Å²) in [4.78, 5) is 16.5. The van der Waals surface area contributed by atoms with Crippen LogP contribution in [0.3, 0.4) is 0 Å². The van der Waals surface area contributed by atoms with Crippen LogP contribution in [0.5, 0.6) is 17.4 Å². The number of amides is 1. The van der Waals surface area contributed by atoms with Gasteiger partial charge in [0, 0.05) is 17.7 Å². The number of nitrogens with one attached hydrogen (secondary N) is 1. The van der Waals surface area contributed by atoms with Crippen molar-refractivity contribution in [3.63, 3.8) is 0 Å². The summed E-state index contributed by atoms with van der Waals surface area (Å²) in [5, 5.41) is 11.2. The van der Waals surface area contributed by atoms with Gasteiger partial charge in [-0.05, 0) is 44.4 Å². The average Bonchev–Trinajstić information content (AvgIpc) is 3.27. The van der Waals surface area contributed by atoms with Crippen LogP contribution in [0.15, 0.2) is 40.9 Å². The molecule has 0 bridgehead atoms. The number of nitrogens with zero attached hydrogens (tertiary/aromatic N) is 3. The van der Waals surface area contributed by atoms with E-state index in [2.05, 4.69) is 20.5 Å². The van der Waals surface area contributed by atoms with Crippen molar-refractivity contribution in [2.24, 2.45) is 0 Å². The topological polar surface area (TPSA) is 109 Å². The number of rotatable bonds is 9. The maximum Gasteiger partial charge on any atom is 0.258 e. The number of hydrogen-bond acceptors (Lipinski definition) is 8. The molecule has 0 aliphatic heterocycles. The fourth-order valence-corrected chi connectivity index (χ4v) is 4.37. The molecule has 180 valence electrons. The van der Waals surface area contributed by atoms with Gasteiger partial charge < -0.3 is 23.9 Å². The van der Waals surface area contributed by atoms with Gasteiger partial charge in [0.05, 0.1) is 18.7 Å². The third-order valence-corrected chi connectivity index (χ3v) is 5.78. The van der Waals surface area contributed by atoms with Crippen LogP contribution in [0, 0.1) is 12.7 Å². The molecule has 1 amide bonds. The molecule has 1 aliphatic rings. The number of benzene rings is 1. The van der Waals surface area contributed by atoms with Gasteiger partial charge in [0.1, 0.15) is 17.3 Å². The van der Waals surface area contributed by atoms with Gasteiger partial charge >= 0.3 is 0 Å². The lowest BCUT2D eigenvalue weighted by Crippen LogP contribution is -2.61. The maximum atomic E-state index is 13.6. The van der Waals surface area contributed by atoms with Crippen molar-refractivity contribution in [3.05, 3.63) is 59.7 Å². The van der Waals surface area contributed by atoms with E-state index in [1.165, 1.54) is 6.07 Å². The van der Waals surface area contributed by atoms with Crippen LogP contribution < -0.4 is 19.5 Å². The minimum absolute atomic E-state index is 0.113. The number of carbonyl (C=O) groups is 1. The third kappa shape index (κ3) is 5.27. The van der Waals surface area contributed by atoms with Crippen molar-refractivity contribution in [1.29, 1.82) is 0 Å². The highest BCUT2D eigenvalue weighted by molar-refractivity contribution is 5.78. The van der Waals surface area contributed by atoms with E-state index in [1.807, 2.05) is 13.8 Å². The van der Waals surface area contributed by atoms with Crippen LogP contribution in [0.25, 0.3) is 0 Å². The summed E-state index contributed by atoms with van der Waals surface area (Å²) in [6.07, 6.45) is 2.79. The lowest BCUT2D eigenvalue weighted by Gasteiger charge is -2.51. The Bertz CT molecular complexity index is 1160. The highest BCUT2D eigenvalue weighted by Gasteiger charge is 2.53. The third-order valence-electron chi connectivity index (χ3n) is 5.78. The zero-order chi connectivity index (χ0) is 24.3. The Morgan fingerprint density at radius 2 is 1.91 bits per heavy atom. The Morgan fingerprint density at radius 3 is 2.59 bits per heavy atom. The Morgan fingerprint density at radius 1 is 1.15 bits per heavy atom. The second-order valence-electron chi connectivity index (χ2n) is 9.05. The molecule has 4 rings (SSSR count). The van der Waals surface area contributed by atoms with Crippen LogP contribution in [-0.4, -0.2) is 40.3 Å². The molecule has 1 aliphatic carbocycles. The van der Waals surface area contributed by atoms with Crippen molar-refractivity contribution in [3.8, 4) is 17.4 Å². The molecule has 1 N–H and O–H groups in total. The van der Waals surface area contributed by atoms with E-state index in [0.717, 1.165) is 0 Å². The SMILES string of the molecule is COc1ccc(OCc2nnc(C3(C)CC(C)(NC(=O)COc4ccc(C)c(F)c4)C3)o2)cn1. The predicted molar refractivity (Wildman–Crippen MR) is 119 cm³/mol. The van der Waals surface area contributed by atoms with Gasteiger partial charge in [-0.3, -0.25) is 4.79 Å². The number of aryl methyl sites for hydroxylation is 1. The summed E-state index contributed by atoms with van der Waals surface area (Å²) in [7, 11) is 1.54. The van der Waals surface area contributed by atoms with Crippen LogP contribution >= 0.6 is 0 Å². The molecular formula is C24H27FN4O5. The van der Waals surface area contributed by atoms with Gasteiger partial charge in [-0.15, -0.1) is 10.2 Å². The first-order valence-electron chi connectivity index (χ1n) is 10.8. The van der Waals surface area contributed by atoms with Gasteiger partial charge in [-0.25, -0.2) is 9.37 Å². The number of halogens is 1. The zero-order valence-corrected chi connectivity index (χ0v) is 19.6. The number of methoxy groups -OCH3 is 1. The number of pyridine rings is 1. The fraction of sp³-hybridized carbons (Fsp3) is 0.417. The van der Waals surface area contributed by atoms with Gasteiger partial charge in [-0.2, -0.15) is 0 Å². The summed E-state index contributed by atoms with van der Waals surface area (Å²) in [6, 6.07) is 7.95. The molecule has 0 atom stereocenters. The van der Waals surface area contributed by atoms with Gasteiger partial charge in [-0.1, -0.05) is 13.0 Å². The van der Waals surface area contributed by atoms with Gasteiger partial charge in [0.15, 0.2) is 13.2 Å². The Labute approximate surface area is 196 Å². The molecule has 2 aromatic heterocycles. The average molecular weight is 471 g/mol. The fourth-order valence-electron chi connectivity index (χ4n) is 4.37. The van der Waals surface area contributed by atoms with E-state index in [1.54, 1.807) is 44.5 Å². The predicted octanol–water partition coefficient (Wildman–Crippen LogP) is 3.51. The van der Waals surface area contributed by atoms with Crippen LogP contribution in [0.2, 0.25) is 0 Å². The molecule has 0 spiro atoms. The quantitative estimate of drug-likeness (QED) is 0.506. The van der Waals surface area contributed by atoms with E-state index in [-0.39, 0.29) is 30.4 Å². The summed E-state index contributed by atoms with van der Waals surface area (Å²) in [5.41, 5.74) is -0.282. The molecule has 0 saturated heterocycles. The molecular weight excluding hydrogens is 443 g/mol. The van der Waals surface area contributed by atoms with Crippen molar-refractivity contribution in [2.75, 3.05) is 13.7 Å². The lowest BCUT2D eigenvalue weighted by atomic mass is 9.59. The maximum absolute atomic E-state index is 13.6. The molecule has 0 unspecified atom stereocenters. The summed E-state index contributed by atoms with van der Waals surface area (Å²) in [6.45, 7) is 5.55. The monoisotopic (exact) mass is 470 g/mol. The molecule has 34 heavy (non-hydrogen) atoms. The van der Waals surface area contributed by atoms with Crippen molar-refractivity contribution < 1.29 is 27.8 Å². The largest absolute Gasteiger partial charge is 0.484 e. The first kappa shape index (κ1) is 23.5. The van der Waals surface area contributed by atoms with Crippen molar-refractivity contribution >= 4 is 5.91 Å². The molecule has 9 nitrogen and oxygen atoms in total. The summed E-state index contributed by atoms with van der Waals surface area (Å²) in [5.74, 6) is 1.56. The molecule has 1 fully saturated rings. The number of aromatic nitrogens is 3. The summed E-state index contributed by atoms with van der Waals surface area (Å²) < 4.78 is 35.5. The van der Waals surface area contributed by atoms with Crippen molar-refractivity contribution in [2.45, 2.75) is 51.2 Å². The first-order chi connectivity index (χ1) is 16.2. The number of hydrogen-bond donors (Lipinski definition) is 1. The molecule has 2 heterocycles. The summed E-state index contributed by atoms with van der Waals surface area (Å²) >= 11 is 0. The van der Waals surface area contributed by atoms with Crippen molar-refractivity contribution in [1.82, 2.24) is 20.5 Å². The Kier molecular flexibility index (Phi) is 6.41. The molecule has 3 aromatic rings. The Hall–Kier alpha value is -3.69. The van der Waals surface area contributed by atoms with Crippen LogP contribution in [-0.2, 0) is 16.8 Å². The first-order valence-corrected chi connectivity index (χ1v) is 10.8. The van der Waals surface area contributed by atoms with Crippen LogP contribution in [0.1, 0.15) is 44.0 Å². The highest BCUT2D eigenvalue weighted by atomic mass is 19.1. The molecule has 1 saturated carbocycles. The van der Waals surface area contributed by atoms with E-state index in [0.29, 0.717) is 47.6 Å². The Balaban J connectivity index is 1.26. The smallest absolute Gasteiger partial charge is 0.258 e. The standard InChI is InChI=1S/C24H27FN4O5/c1-15-5-6-16(9-18(15)25)32-11-19(30)27-24(3)13-23(2,14-24)22-29-28-21(34-22)12-33-17-7-8-20(31-4)26-10-17/h5-10H,11-14H2,1-4H3,(H,27,30). The van der Waals surface area contributed by atoms with E-state index < -0.39 is 5.54 Å². The number of carbonyl (C=O) groups excluding carboxylic acids is 1. The highest BCUT2D eigenvalue weighted by Crippen LogP contribution is 2.49. The second-order valence-corrected chi connectivity index (χ2v) is 9.05. The lowest BCUT2D eigenvalue weighted by molar-refractivity contribution is -0.127. The van der Waals surface area contributed by atoms with E-state index in [4.69, 9.17) is 18.6 Å².